The molecule has 262 valence electrons. The third-order valence-corrected chi connectivity index (χ3v) is 11.7. The summed E-state index contributed by atoms with van der Waals surface area (Å²) < 4.78 is 6.95. The van der Waals surface area contributed by atoms with Gasteiger partial charge in [-0.25, -0.2) is 9.97 Å². The van der Waals surface area contributed by atoms with Gasteiger partial charge in [-0.15, -0.1) is 0 Å². The van der Waals surface area contributed by atoms with E-state index in [-0.39, 0.29) is 0 Å². The normalized spacial score (nSPS) is 12.6. The molecule has 0 aliphatic rings. The van der Waals surface area contributed by atoms with E-state index in [0.29, 0.717) is 0 Å². The van der Waals surface area contributed by atoms with Gasteiger partial charge in [0, 0.05) is 43.5 Å². The highest BCUT2D eigenvalue weighted by Gasteiger charge is 2.20. The molecule has 0 bridgehead atoms. The average molecular weight is 716 g/mol. The molecule has 5 aromatic heterocycles. The van der Waals surface area contributed by atoms with Crippen molar-refractivity contribution in [3.05, 3.63) is 181 Å². The Bertz CT molecular complexity index is 3670. The molecule has 0 N–H and O–H groups in total. The summed E-state index contributed by atoms with van der Waals surface area (Å²) in [5, 5.41) is 7.11. The number of aryl methyl sites for hydroxylation is 1. The van der Waals surface area contributed by atoms with E-state index in [0.717, 1.165) is 60.9 Å². The third kappa shape index (κ3) is 4.25. The Balaban J connectivity index is 1.06. The lowest BCUT2D eigenvalue weighted by Crippen LogP contribution is -2.05. The molecule has 0 unspecified atom stereocenters. The zero-order valence-corrected chi connectivity index (χ0v) is 30.6. The molecular weight excluding hydrogens is 683 g/mol. The van der Waals surface area contributed by atoms with Gasteiger partial charge in [0.15, 0.2) is 5.65 Å². The van der Waals surface area contributed by atoms with E-state index < -0.39 is 0 Å². The van der Waals surface area contributed by atoms with E-state index >= 15 is 0 Å². The molecule has 56 heavy (non-hydrogen) atoms. The van der Waals surface area contributed by atoms with Gasteiger partial charge >= 0.3 is 0 Å². The highest BCUT2D eigenvalue weighted by Crippen LogP contribution is 2.38. The van der Waals surface area contributed by atoms with Gasteiger partial charge in [-0.2, -0.15) is 0 Å². The first-order chi connectivity index (χ1) is 27.6. The topological polar surface area (TPSA) is 40.1 Å². The first-order valence-electron chi connectivity index (χ1n) is 19.0. The molecule has 0 fully saturated rings. The summed E-state index contributed by atoms with van der Waals surface area (Å²) in [6, 6.07) is 58.4. The number of nitrogens with zero attached hydrogens (tertiary/aromatic N) is 5. The van der Waals surface area contributed by atoms with Gasteiger partial charge in [-0.1, -0.05) is 104 Å². The molecule has 0 aliphatic heterocycles. The summed E-state index contributed by atoms with van der Waals surface area (Å²) >= 11 is 0. The molecule has 0 spiro atoms. The SMILES string of the molecule is C=C(/C=c1/c2nc3ccccc3nc2n2c1c(C)c1ccccc12)n1c2ccccc2c2cc(-c3ccc4c(c3)c3ccccc3n4-c3ccccc3)ccc21. The minimum Gasteiger partial charge on any atom is -0.310 e. The molecule has 5 heterocycles. The lowest BCUT2D eigenvalue weighted by molar-refractivity contribution is 1.18. The van der Waals surface area contributed by atoms with Crippen molar-refractivity contribution in [3.63, 3.8) is 0 Å². The van der Waals surface area contributed by atoms with Crippen molar-refractivity contribution in [2.45, 2.75) is 6.92 Å². The third-order valence-electron chi connectivity index (χ3n) is 11.7. The molecule has 0 saturated carbocycles. The second-order valence-corrected chi connectivity index (χ2v) is 14.8. The van der Waals surface area contributed by atoms with Gasteiger partial charge < -0.3 is 9.13 Å². The Kier molecular flexibility index (Phi) is 6.35. The second kappa shape index (κ2) is 11.5. The zero-order valence-electron chi connectivity index (χ0n) is 30.6. The van der Waals surface area contributed by atoms with Crippen molar-refractivity contribution >= 4 is 94.0 Å². The summed E-state index contributed by atoms with van der Waals surface area (Å²) in [5.41, 5.74) is 16.0. The van der Waals surface area contributed by atoms with E-state index in [4.69, 9.17) is 16.5 Å². The second-order valence-electron chi connectivity index (χ2n) is 14.8. The Morgan fingerprint density at radius 3 is 1.80 bits per heavy atom. The average Bonchev–Trinajstić information content (AvgIpc) is 3.95. The number of aromatic nitrogens is 5. The van der Waals surface area contributed by atoms with E-state index in [1.807, 2.05) is 24.3 Å². The van der Waals surface area contributed by atoms with Gasteiger partial charge in [0.25, 0.3) is 0 Å². The van der Waals surface area contributed by atoms with Crippen molar-refractivity contribution in [1.29, 1.82) is 0 Å². The minimum atomic E-state index is 0.859. The quantitative estimate of drug-likeness (QED) is 0.182. The van der Waals surface area contributed by atoms with E-state index in [2.05, 4.69) is 166 Å². The molecule has 5 heteroatoms. The van der Waals surface area contributed by atoms with E-state index in [1.54, 1.807) is 0 Å². The van der Waals surface area contributed by atoms with Crippen LogP contribution in [-0.2, 0) is 0 Å². The highest BCUT2D eigenvalue weighted by atomic mass is 15.0. The van der Waals surface area contributed by atoms with Gasteiger partial charge in [0.2, 0.25) is 0 Å². The fraction of sp³-hybridized carbons (Fsp3) is 0.0196. The van der Waals surface area contributed by atoms with Crippen LogP contribution < -0.4 is 5.22 Å². The summed E-state index contributed by atoms with van der Waals surface area (Å²) in [7, 11) is 0. The van der Waals surface area contributed by atoms with Crippen LogP contribution in [-0.4, -0.2) is 23.5 Å². The van der Waals surface area contributed by atoms with Crippen LogP contribution >= 0.6 is 0 Å². The minimum absolute atomic E-state index is 0.859. The van der Waals surface area contributed by atoms with Crippen LogP contribution in [0, 0.1) is 6.92 Å². The predicted molar refractivity (Wildman–Crippen MR) is 234 cm³/mol. The Morgan fingerprint density at radius 2 is 1.05 bits per heavy atom. The number of hydrogen-bond acceptors (Lipinski definition) is 2. The lowest BCUT2D eigenvalue weighted by Gasteiger charge is -2.09. The number of hydrogen-bond donors (Lipinski definition) is 0. The first-order valence-corrected chi connectivity index (χ1v) is 19.0. The van der Waals surface area contributed by atoms with Gasteiger partial charge in [0.05, 0.1) is 44.1 Å². The van der Waals surface area contributed by atoms with Crippen LogP contribution in [0.3, 0.4) is 0 Å². The van der Waals surface area contributed by atoms with Crippen LogP contribution in [0.15, 0.2) is 170 Å². The van der Waals surface area contributed by atoms with Gasteiger partial charge in [-0.05, 0) is 96.4 Å². The van der Waals surface area contributed by atoms with Gasteiger partial charge in [-0.3, -0.25) is 4.40 Å². The Hall–Kier alpha value is -7.50. The van der Waals surface area contributed by atoms with Crippen LogP contribution in [0.25, 0.3) is 111 Å². The number of rotatable bonds is 4. The molecule has 0 aliphatic carbocycles. The van der Waals surface area contributed by atoms with Crippen LogP contribution in [0.2, 0.25) is 0 Å². The maximum atomic E-state index is 5.23. The largest absolute Gasteiger partial charge is 0.310 e. The molecular formula is C51H33N5. The summed E-state index contributed by atoms with van der Waals surface area (Å²) in [6.07, 6.45) is 2.21. The number of fused-ring (bicyclic) bond motifs is 12. The maximum absolute atomic E-state index is 5.23. The fourth-order valence-electron chi connectivity index (χ4n) is 9.22. The molecule has 12 rings (SSSR count). The molecule has 0 atom stereocenters. The van der Waals surface area contributed by atoms with Crippen LogP contribution in [0.5, 0.6) is 0 Å². The van der Waals surface area contributed by atoms with E-state index in [1.165, 1.54) is 54.7 Å². The Labute approximate surface area is 321 Å². The highest BCUT2D eigenvalue weighted by molar-refractivity contribution is 6.14. The number of para-hydroxylation sites is 6. The van der Waals surface area contributed by atoms with Crippen molar-refractivity contribution in [2.24, 2.45) is 0 Å². The predicted octanol–water partition coefficient (Wildman–Crippen LogP) is 12.0. The van der Waals surface area contributed by atoms with E-state index in [9.17, 15) is 0 Å². The van der Waals surface area contributed by atoms with Crippen molar-refractivity contribution in [3.8, 4) is 16.8 Å². The van der Waals surface area contributed by atoms with Gasteiger partial charge in [0.1, 0.15) is 5.52 Å². The molecule has 5 nitrogen and oxygen atoms in total. The maximum Gasteiger partial charge on any atom is 0.165 e. The molecule has 0 amide bonds. The number of allylic oxidation sites excluding steroid dienone is 1. The van der Waals surface area contributed by atoms with Crippen molar-refractivity contribution in [2.75, 3.05) is 0 Å². The van der Waals surface area contributed by atoms with Crippen LogP contribution in [0.1, 0.15) is 5.56 Å². The standard InChI is InChI=1S/C51H33N5/c1-31(28-41-49-51(53-43-20-10-9-19-42(43)52-49)56-44-21-11-6-16-36(44)32(2)50(41)56)54-45-22-12-7-17-37(45)39-29-33(24-26-47(39)54)34-25-27-48-40(30-34)38-18-8-13-23-46(38)55(48)35-14-4-3-5-15-35/h3-30H,1H2,2H3/b41-28-. The smallest absolute Gasteiger partial charge is 0.165 e. The zero-order chi connectivity index (χ0) is 37.1. The lowest BCUT2D eigenvalue weighted by atomic mass is 10.0. The van der Waals surface area contributed by atoms with Crippen molar-refractivity contribution in [1.82, 2.24) is 23.5 Å². The molecule has 0 saturated heterocycles. The number of benzene rings is 7. The van der Waals surface area contributed by atoms with Crippen LogP contribution in [0.4, 0.5) is 0 Å². The summed E-state index contributed by atoms with van der Waals surface area (Å²) in [6.45, 7) is 6.95. The monoisotopic (exact) mass is 715 g/mol. The molecule has 7 aromatic carbocycles. The fourth-order valence-corrected chi connectivity index (χ4v) is 9.22. The summed E-state index contributed by atoms with van der Waals surface area (Å²) in [4.78, 5) is 10.4. The first kappa shape index (κ1) is 30.9. The Morgan fingerprint density at radius 1 is 0.518 bits per heavy atom. The molecule has 0 radical (unpaired) electrons. The molecule has 12 aromatic rings. The van der Waals surface area contributed by atoms with Crippen molar-refractivity contribution < 1.29 is 0 Å². The summed E-state index contributed by atoms with van der Waals surface area (Å²) in [5.74, 6) is 0.